The number of nitrogens with zero attached hydrogens (tertiary/aromatic N) is 2. The number of aryl methyl sites for hydroxylation is 2. The number of thiophene rings is 1. The van der Waals surface area contributed by atoms with Gasteiger partial charge in [0.25, 0.3) is 0 Å². The third kappa shape index (κ3) is 4.20. The van der Waals surface area contributed by atoms with Crippen LogP contribution in [0.3, 0.4) is 0 Å². The van der Waals surface area contributed by atoms with Crippen molar-refractivity contribution in [2.24, 2.45) is 0 Å². The van der Waals surface area contributed by atoms with E-state index < -0.39 is 10.0 Å². The second-order valence-corrected chi connectivity index (χ2v) is 9.37. The lowest BCUT2D eigenvalue weighted by atomic mass is 10.2. The summed E-state index contributed by atoms with van der Waals surface area (Å²) in [6, 6.07) is 12.4. The summed E-state index contributed by atoms with van der Waals surface area (Å²) in [5.41, 5.74) is 1.91. The molecule has 2 heterocycles. The Morgan fingerprint density at radius 3 is 2.52 bits per heavy atom. The zero-order chi connectivity index (χ0) is 18.0. The van der Waals surface area contributed by atoms with Gasteiger partial charge in [-0.25, -0.2) is 13.1 Å². The molecule has 5 nitrogen and oxygen atoms in total. The molecule has 0 aliphatic rings. The van der Waals surface area contributed by atoms with Crippen LogP contribution in [0.25, 0.3) is 0 Å². The van der Waals surface area contributed by atoms with Gasteiger partial charge in [0.15, 0.2) is 0 Å². The van der Waals surface area contributed by atoms with Crippen molar-refractivity contribution in [3.63, 3.8) is 0 Å². The molecule has 3 aromatic rings. The van der Waals surface area contributed by atoms with Gasteiger partial charge in [-0.3, -0.25) is 4.68 Å². The van der Waals surface area contributed by atoms with Gasteiger partial charge in [0.1, 0.15) is 0 Å². The Bertz CT molecular complexity index is 948. The summed E-state index contributed by atoms with van der Waals surface area (Å²) in [5, 5.41) is 6.52. The standard InChI is InChI=1S/C17H18BrN3O2S2/c1-12-10-13(2)21(20-12)16(17-4-3-9-24-17)11-19-25(22,23)15-7-5-14(18)6-8-15/h3-10,16,19H,11H2,1-2H3. The van der Waals surface area contributed by atoms with Crippen molar-refractivity contribution in [3.8, 4) is 0 Å². The minimum Gasteiger partial charge on any atom is -0.260 e. The average molecular weight is 440 g/mol. The van der Waals surface area contributed by atoms with Crippen LogP contribution in [0.1, 0.15) is 22.3 Å². The predicted octanol–water partition coefficient (Wildman–Crippen LogP) is 3.89. The van der Waals surface area contributed by atoms with Gasteiger partial charge >= 0.3 is 0 Å². The monoisotopic (exact) mass is 439 g/mol. The zero-order valence-electron chi connectivity index (χ0n) is 13.8. The number of halogens is 1. The molecule has 1 atom stereocenters. The molecule has 0 fully saturated rings. The molecular formula is C17H18BrN3O2S2. The first-order chi connectivity index (χ1) is 11.9. The van der Waals surface area contributed by atoms with E-state index in [0.29, 0.717) is 0 Å². The Labute approximate surface area is 159 Å². The topological polar surface area (TPSA) is 64.0 Å². The van der Waals surface area contributed by atoms with Crippen molar-refractivity contribution in [1.82, 2.24) is 14.5 Å². The molecule has 132 valence electrons. The quantitative estimate of drug-likeness (QED) is 0.633. The van der Waals surface area contributed by atoms with Crippen molar-refractivity contribution < 1.29 is 8.42 Å². The van der Waals surface area contributed by atoms with E-state index in [4.69, 9.17) is 0 Å². The number of rotatable bonds is 6. The van der Waals surface area contributed by atoms with Crippen LogP contribution in [0.5, 0.6) is 0 Å². The van der Waals surface area contributed by atoms with Gasteiger partial charge < -0.3 is 0 Å². The van der Waals surface area contributed by atoms with Crippen molar-refractivity contribution >= 4 is 37.3 Å². The van der Waals surface area contributed by atoms with Crippen LogP contribution >= 0.6 is 27.3 Å². The van der Waals surface area contributed by atoms with E-state index in [1.54, 1.807) is 35.6 Å². The highest BCUT2D eigenvalue weighted by Crippen LogP contribution is 2.25. The van der Waals surface area contributed by atoms with Crippen LogP contribution in [0.4, 0.5) is 0 Å². The Morgan fingerprint density at radius 2 is 1.96 bits per heavy atom. The fourth-order valence-corrected chi connectivity index (χ4v) is 4.75. The van der Waals surface area contributed by atoms with E-state index in [2.05, 4.69) is 25.8 Å². The number of hydrogen-bond donors (Lipinski definition) is 1. The third-order valence-corrected chi connectivity index (χ3v) is 6.74. The van der Waals surface area contributed by atoms with Crippen LogP contribution in [0.2, 0.25) is 0 Å². The molecule has 0 spiro atoms. The summed E-state index contributed by atoms with van der Waals surface area (Å²) in [6.45, 7) is 4.14. The van der Waals surface area contributed by atoms with E-state index in [9.17, 15) is 8.42 Å². The lowest BCUT2D eigenvalue weighted by Gasteiger charge is -2.19. The van der Waals surface area contributed by atoms with E-state index in [1.165, 1.54) is 0 Å². The summed E-state index contributed by atoms with van der Waals surface area (Å²) < 4.78 is 30.6. The van der Waals surface area contributed by atoms with E-state index >= 15 is 0 Å². The SMILES string of the molecule is Cc1cc(C)n(C(CNS(=O)(=O)c2ccc(Br)cc2)c2cccs2)n1. The highest BCUT2D eigenvalue weighted by atomic mass is 79.9. The van der Waals surface area contributed by atoms with Crippen molar-refractivity contribution in [2.45, 2.75) is 24.8 Å². The molecule has 8 heteroatoms. The lowest BCUT2D eigenvalue weighted by molar-refractivity contribution is 0.499. The van der Waals surface area contributed by atoms with E-state index in [-0.39, 0.29) is 17.5 Å². The largest absolute Gasteiger partial charge is 0.260 e. The first kappa shape index (κ1) is 18.3. The van der Waals surface area contributed by atoms with Crippen LogP contribution in [-0.4, -0.2) is 24.7 Å². The number of nitrogens with one attached hydrogen (secondary N) is 1. The van der Waals surface area contributed by atoms with Crippen LogP contribution < -0.4 is 4.72 Å². The number of hydrogen-bond acceptors (Lipinski definition) is 4. The molecule has 0 bridgehead atoms. The van der Waals surface area contributed by atoms with Gasteiger partial charge in [-0.1, -0.05) is 22.0 Å². The smallest absolute Gasteiger partial charge is 0.240 e. The average Bonchev–Trinajstić information content (AvgIpc) is 3.18. The van der Waals surface area contributed by atoms with E-state index in [0.717, 1.165) is 20.7 Å². The summed E-state index contributed by atoms with van der Waals surface area (Å²) in [6.07, 6.45) is 0. The molecule has 1 unspecified atom stereocenters. The summed E-state index contributed by atoms with van der Waals surface area (Å²) in [7, 11) is -3.58. The molecule has 1 aromatic carbocycles. The minimum atomic E-state index is -3.58. The number of aromatic nitrogens is 2. The Balaban J connectivity index is 1.86. The van der Waals surface area contributed by atoms with Gasteiger partial charge in [-0.05, 0) is 55.6 Å². The van der Waals surface area contributed by atoms with Crippen molar-refractivity contribution in [1.29, 1.82) is 0 Å². The fourth-order valence-electron chi connectivity index (χ4n) is 2.64. The first-order valence-electron chi connectivity index (χ1n) is 7.68. The maximum atomic E-state index is 12.6. The molecule has 0 aliphatic carbocycles. The fraction of sp³-hybridized carbons (Fsp3) is 0.235. The second-order valence-electron chi connectivity index (χ2n) is 5.71. The normalized spacial score (nSPS) is 13.1. The first-order valence-corrected chi connectivity index (χ1v) is 10.8. The molecule has 25 heavy (non-hydrogen) atoms. The predicted molar refractivity (Wildman–Crippen MR) is 103 cm³/mol. The molecule has 0 amide bonds. The van der Waals surface area contributed by atoms with Crippen molar-refractivity contribution in [3.05, 3.63) is 68.6 Å². The third-order valence-electron chi connectivity index (χ3n) is 3.80. The molecule has 2 aromatic heterocycles. The lowest BCUT2D eigenvalue weighted by Crippen LogP contribution is -2.32. The minimum absolute atomic E-state index is 0.182. The zero-order valence-corrected chi connectivity index (χ0v) is 17.0. The van der Waals surface area contributed by atoms with Gasteiger partial charge in [-0.2, -0.15) is 5.10 Å². The summed E-state index contributed by atoms with van der Waals surface area (Å²) in [5.74, 6) is 0. The highest BCUT2D eigenvalue weighted by Gasteiger charge is 2.22. The summed E-state index contributed by atoms with van der Waals surface area (Å²) >= 11 is 4.91. The maximum absolute atomic E-state index is 12.6. The Hall–Kier alpha value is -1.48. The maximum Gasteiger partial charge on any atom is 0.240 e. The highest BCUT2D eigenvalue weighted by molar-refractivity contribution is 9.10. The Kier molecular flexibility index (Phi) is 5.43. The van der Waals surface area contributed by atoms with Crippen LogP contribution in [0, 0.1) is 13.8 Å². The molecule has 1 N–H and O–H groups in total. The molecule has 0 saturated heterocycles. The van der Waals surface area contributed by atoms with Crippen LogP contribution in [0.15, 0.2) is 57.2 Å². The molecular weight excluding hydrogens is 422 g/mol. The van der Waals surface area contributed by atoms with Crippen LogP contribution in [-0.2, 0) is 10.0 Å². The number of sulfonamides is 1. The molecule has 0 aliphatic heterocycles. The molecule has 0 saturated carbocycles. The van der Waals surface area contributed by atoms with Gasteiger partial charge in [0.05, 0.1) is 16.6 Å². The van der Waals surface area contributed by atoms with Gasteiger partial charge in [0.2, 0.25) is 10.0 Å². The Morgan fingerprint density at radius 1 is 1.24 bits per heavy atom. The number of benzene rings is 1. The van der Waals surface area contributed by atoms with Crippen molar-refractivity contribution in [2.75, 3.05) is 6.54 Å². The van der Waals surface area contributed by atoms with E-state index in [1.807, 2.05) is 42.1 Å². The van der Waals surface area contributed by atoms with Gasteiger partial charge in [0, 0.05) is 21.6 Å². The molecule has 0 radical (unpaired) electrons. The van der Waals surface area contributed by atoms with Gasteiger partial charge in [-0.15, -0.1) is 11.3 Å². The molecule has 3 rings (SSSR count). The summed E-state index contributed by atoms with van der Waals surface area (Å²) in [4.78, 5) is 1.30. The second kappa shape index (κ2) is 7.41.